The Morgan fingerprint density at radius 1 is 1.44 bits per heavy atom. The smallest absolute Gasteiger partial charge is 0.292 e. The minimum atomic E-state index is -0.593. The molecular weight excluding hydrogens is 320 g/mol. The third-order valence-corrected chi connectivity index (χ3v) is 3.90. The lowest BCUT2D eigenvalue weighted by atomic mass is 10.3. The first-order chi connectivity index (χ1) is 8.47. The summed E-state index contributed by atoms with van der Waals surface area (Å²) in [5.74, 6) is -0.158. The van der Waals surface area contributed by atoms with Gasteiger partial charge in [0.25, 0.3) is 5.56 Å². The number of carbonyl (C=O) groups is 1. The summed E-state index contributed by atoms with van der Waals surface area (Å²) < 4.78 is 1.39. The van der Waals surface area contributed by atoms with E-state index in [2.05, 4.69) is 20.9 Å². The number of aryl methyl sites for hydroxylation is 1. The SMILES string of the molecule is Cc1ccc(C(=O)Cn2cc(Br)c(=O)[nH]c2=O)s1. The van der Waals surface area contributed by atoms with Gasteiger partial charge in [0.05, 0.1) is 15.9 Å². The van der Waals surface area contributed by atoms with E-state index in [1.165, 1.54) is 22.1 Å². The summed E-state index contributed by atoms with van der Waals surface area (Å²) in [6.07, 6.45) is 1.32. The van der Waals surface area contributed by atoms with Crippen molar-refractivity contribution in [1.82, 2.24) is 9.55 Å². The predicted octanol–water partition coefficient (Wildman–Crippen LogP) is 1.55. The van der Waals surface area contributed by atoms with Gasteiger partial charge in [0, 0.05) is 11.1 Å². The van der Waals surface area contributed by atoms with Crippen molar-refractivity contribution in [3.8, 4) is 0 Å². The van der Waals surface area contributed by atoms with Crippen LogP contribution in [0, 0.1) is 6.92 Å². The van der Waals surface area contributed by atoms with Crippen LogP contribution in [0.1, 0.15) is 14.5 Å². The van der Waals surface area contributed by atoms with Crippen LogP contribution in [0.2, 0.25) is 0 Å². The molecule has 5 nitrogen and oxygen atoms in total. The van der Waals surface area contributed by atoms with Gasteiger partial charge in [-0.15, -0.1) is 11.3 Å². The van der Waals surface area contributed by atoms with Crippen LogP contribution in [-0.4, -0.2) is 15.3 Å². The van der Waals surface area contributed by atoms with Gasteiger partial charge < -0.3 is 0 Å². The molecule has 0 saturated heterocycles. The van der Waals surface area contributed by atoms with Crippen LogP contribution in [-0.2, 0) is 6.54 Å². The van der Waals surface area contributed by atoms with Gasteiger partial charge in [0.2, 0.25) is 0 Å². The highest BCUT2D eigenvalue weighted by Crippen LogP contribution is 2.16. The highest BCUT2D eigenvalue weighted by molar-refractivity contribution is 9.10. The van der Waals surface area contributed by atoms with Crippen molar-refractivity contribution in [1.29, 1.82) is 0 Å². The number of ketones is 1. The van der Waals surface area contributed by atoms with E-state index in [1.807, 2.05) is 13.0 Å². The molecule has 0 saturated carbocycles. The van der Waals surface area contributed by atoms with E-state index < -0.39 is 11.2 Å². The van der Waals surface area contributed by atoms with Crippen LogP contribution in [0.3, 0.4) is 0 Å². The van der Waals surface area contributed by atoms with Crippen molar-refractivity contribution in [3.05, 3.63) is 53.4 Å². The van der Waals surface area contributed by atoms with Crippen LogP contribution in [0.5, 0.6) is 0 Å². The van der Waals surface area contributed by atoms with E-state index in [4.69, 9.17) is 0 Å². The normalized spacial score (nSPS) is 10.6. The Bertz CT molecular complexity index is 714. The summed E-state index contributed by atoms with van der Waals surface area (Å²) in [5, 5.41) is 0. The number of carbonyl (C=O) groups excluding carboxylic acids is 1. The average Bonchev–Trinajstić information content (AvgIpc) is 2.73. The summed E-state index contributed by atoms with van der Waals surface area (Å²) in [6.45, 7) is 1.82. The Balaban J connectivity index is 2.30. The number of thiophene rings is 1. The molecule has 0 fully saturated rings. The third-order valence-electron chi connectivity index (χ3n) is 2.30. The number of halogens is 1. The molecule has 2 rings (SSSR count). The number of rotatable bonds is 3. The highest BCUT2D eigenvalue weighted by Gasteiger charge is 2.11. The number of aromatic amines is 1. The molecule has 0 atom stereocenters. The fourth-order valence-electron chi connectivity index (χ4n) is 1.42. The number of hydrogen-bond acceptors (Lipinski definition) is 4. The summed E-state index contributed by atoms with van der Waals surface area (Å²) >= 11 is 4.40. The average molecular weight is 329 g/mol. The maximum atomic E-state index is 11.9. The molecule has 0 bridgehead atoms. The standard InChI is InChI=1S/C11H9BrN2O3S/c1-6-2-3-9(18-6)8(15)5-14-4-7(12)10(16)13-11(14)17/h2-4H,5H2,1H3,(H,13,16,17). The first kappa shape index (κ1) is 13.0. The monoisotopic (exact) mass is 328 g/mol. The second-order valence-corrected chi connectivity index (χ2v) is 5.84. The zero-order valence-electron chi connectivity index (χ0n) is 9.40. The Morgan fingerprint density at radius 3 is 2.78 bits per heavy atom. The van der Waals surface area contributed by atoms with Crippen LogP contribution in [0.15, 0.2) is 32.4 Å². The molecular formula is C11H9BrN2O3S. The van der Waals surface area contributed by atoms with E-state index in [0.717, 1.165) is 4.88 Å². The second-order valence-electron chi connectivity index (χ2n) is 3.70. The fourth-order valence-corrected chi connectivity index (χ4v) is 2.56. The Morgan fingerprint density at radius 2 is 2.17 bits per heavy atom. The number of nitrogens with zero attached hydrogens (tertiary/aromatic N) is 1. The molecule has 0 radical (unpaired) electrons. The summed E-state index contributed by atoms with van der Waals surface area (Å²) in [5.41, 5.74) is -1.10. The molecule has 7 heteroatoms. The fraction of sp³-hybridized carbons (Fsp3) is 0.182. The van der Waals surface area contributed by atoms with Gasteiger partial charge in [-0.2, -0.15) is 0 Å². The molecule has 0 amide bonds. The number of Topliss-reactive ketones (excluding diaryl/α,β-unsaturated/α-hetero) is 1. The second kappa shape index (κ2) is 5.03. The van der Waals surface area contributed by atoms with Crippen LogP contribution in [0.25, 0.3) is 0 Å². The molecule has 2 aromatic heterocycles. The molecule has 0 aliphatic heterocycles. The quantitative estimate of drug-likeness (QED) is 0.869. The van der Waals surface area contributed by atoms with Gasteiger partial charge >= 0.3 is 5.69 Å². The third kappa shape index (κ3) is 2.68. The van der Waals surface area contributed by atoms with Gasteiger partial charge in [0.1, 0.15) is 0 Å². The number of nitrogens with one attached hydrogen (secondary N) is 1. The van der Waals surface area contributed by atoms with Crippen LogP contribution in [0.4, 0.5) is 0 Å². The van der Waals surface area contributed by atoms with Crippen molar-refractivity contribution in [3.63, 3.8) is 0 Å². The summed E-state index contributed by atoms with van der Waals surface area (Å²) in [7, 11) is 0. The Kier molecular flexibility index (Phi) is 3.63. The van der Waals surface area contributed by atoms with E-state index in [1.54, 1.807) is 6.07 Å². The summed E-state index contributed by atoms with van der Waals surface area (Å²) in [6, 6.07) is 3.58. The van der Waals surface area contributed by atoms with E-state index in [-0.39, 0.29) is 16.8 Å². The minimum absolute atomic E-state index is 0.0891. The van der Waals surface area contributed by atoms with Crippen molar-refractivity contribution in [2.24, 2.45) is 0 Å². The van der Waals surface area contributed by atoms with Crippen molar-refractivity contribution >= 4 is 33.0 Å². The number of aromatic nitrogens is 2. The lowest BCUT2D eigenvalue weighted by molar-refractivity contribution is 0.0974. The van der Waals surface area contributed by atoms with E-state index in [9.17, 15) is 14.4 Å². The zero-order chi connectivity index (χ0) is 13.3. The molecule has 2 aromatic rings. The van der Waals surface area contributed by atoms with Gasteiger partial charge in [-0.1, -0.05) is 0 Å². The van der Waals surface area contributed by atoms with Crippen LogP contribution < -0.4 is 11.2 Å². The topological polar surface area (TPSA) is 71.9 Å². The van der Waals surface area contributed by atoms with Gasteiger partial charge in [-0.25, -0.2) is 4.79 Å². The summed E-state index contributed by atoms with van der Waals surface area (Å²) in [4.78, 5) is 38.3. The molecule has 0 aliphatic rings. The van der Waals surface area contributed by atoms with E-state index >= 15 is 0 Å². The largest absolute Gasteiger partial charge is 0.328 e. The van der Waals surface area contributed by atoms with Gasteiger partial charge in [-0.05, 0) is 35.0 Å². The molecule has 0 unspecified atom stereocenters. The van der Waals surface area contributed by atoms with Crippen molar-refractivity contribution < 1.29 is 4.79 Å². The van der Waals surface area contributed by atoms with Gasteiger partial charge in [-0.3, -0.25) is 19.1 Å². The predicted molar refractivity (Wildman–Crippen MR) is 72.4 cm³/mol. The molecule has 1 N–H and O–H groups in total. The lowest BCUT2D eigenvalue weighted by Crippen LogP contribution is -2.31. The molecule has 94 valence electrons. The maximum Gasteiger partial charge on any atom is 0.328 e. The molecule has 0 aromatic carbocycles. The van der Waals surface area contributed by atoms with Crippen molar-refractivity contribution in [2.75, 3.05) is 0 Å². The van der Waals surface area contributed by atoms with Crippen molar-refractivity contribution in [2.45, 2.75) is 13.5 Å². The van der Waals surface area contributed by atoms with Crippen LogP contribution >= 0.6 is 27.3 Å². The highest BCUT2D eigenvalue weighted by atomic mass is 79.9. The number of H-pyrrole nitrogens is 1. The number of hydrogen-bond donors (Lipinski definition) is 1. The zero-order valence-corrected chi connectivity index (χ0v) is 11.8. The first-order valence-electron chi connectivity index (χ1n) is 5.06. The lowest BCUT2D eigenvalue weighted by Gasteiger charge is -2.03. The Hall–Kier alpha value is -1.47. The molecule has 0 spiro atoms. The van der Waals surface area contributed by atoms with Gasteiger partial charge in [0.15, 0.2) is 5.78 Å². The Labute approximate surface area is 114 Å². The molecule has 18 heavy (non-hydrogen) atoms. The minimum Gasteiger partial charge on any atom is -0.292 e. The maximum absolute atomic E-state index is 11.9. The van der Waals surface area contributed by atoms with E-state index in [0.29, 0.717) is 4.88 Å². The molecule has 2 heterocycles. The molecule has 0 aliphatic carbocycles. The first-order valence-corrected chi connectivity index (χ1v) is 6.67.